The summed E-state index contributed by atoms with van der Waals surface area (Å²) < 4.78 is 12.3. The Morgan fingerprint density at radius 1 is 1.19 bits per heavy atom. The Hall–Kier alpha value is -2.53. The van der Waals surface area contributed by atoms with Gasteiger partial charge in [-0.3, -0.25) is 0 Å². The number of ether oxygens (including phenoxy) is 2. The van der Waals surface area contributed by atoms with Crippen molar-refractivity contribution in [1.82, 2.24) is 0 Å². The van der Waals surface area contributed by atoms with Crippen LogP contribution in [0.4, 0.5) is 0 Å². The molecule has 3 aromatic rings. The third-order valence-corrected chi connectivity index (χ3v) is 5.44. The number of benzene rings is 2. The fourth-order valence-corrected chi connectivity index (χ4v) is 3.94. The van der Waals surface area contributed by atoms with Gasteiger partial charge in [0.15, 0.2) is 10.6 Å². The molecule has 0 amide bonds. The first-order valence-corrected chi connectivity index (χ1v) is 9.46. The highest BCUT2D eigenvalue weighted by atomic mass is 32.1. The topological polar surface area (TPSA) is 55.8 Å². The maximum Gasteiger partial charge on any atom is 0.349 e. The summed E-state index contributed by atoms with van der Waals surface area (Å²) in [6, 6.07) is 11.6. The Bertz CT molecular complexity index is 925. The van der Waals surface area contributed by atoms with E-state index in [1.165, 1.54) is 16.9 Å². The molecule has 5 heteroatoms. The minimum atomic E-state index is -0.989. The van der Waals surface area contributed by atoms with Crippen molar-refractivity contribution in [2.45, 2.75) is 33.1 Å². The number of thiophene rings is 1. The van der Waals surface area contributed by atoms with Gasteiger partial charge in [0.2, 0.25) is 0 Å². The van der Waals surface area contributed by atoms with Crippen LogP contribution in [0.2, 0.25) is 0 Å². The normalized spacial score (nSPS) is 10.9. The van der Waals surface area contributed by atoms with Crippen LogP contribution < -0.4 is 9.47 Å². The first-order chi connectivity index (χ1) is 12.5. The molecule has 0 unspecified atom stereocenters. The second-order valence-electron chi connectivity index (χ2n) is 6.23. The maximum absolute atomic E-state index is 11.7. The van der Waals surface area contributed by atoms with E-state index in [2.05, 4.69) is 6.92 Å². The molecule has 2 aromatic carbocycles. The smallest absolute Gasteiger partial charge is 0.349 e. The summed E-state index contributed by atoms with van der Waals surface area (Å²) in [5, 5.41) is 10.3. The highest BCUT2D eigenvalue weighted by Gasteiger charge is 2.21. The second-order valence-corrected chi connectivity index (χ2v) is 7.29. The van der Waals surface area contributed by atoms with Gasteiger partial charge in [-0.15, -0.1) is 11.3 Å². The van der Waals surface area contributed by atoms with Gasteiger partial charge in [0.05, 0.1) is 7.11 Å². The van der Waals surface area contributed by atoms with E-state index in [1.807, 2.05) is 43.3 Å². The fourth-order valence-electron chi connectivity index (χ4n) is 2.89. The molecule has 0 fully saturated rings. The average Bonchev–Trinajstić information content (AvgIpc) is 2.98. The lowest BCUT2D eigenvalue weighted by Crippen LogP contribution is -1.96. The van der Waals surface area contributed by atoms with E-state index in [-0.39, 0.29) is 4.88 Å². The second kappa shape index (κ2) is 7.79. The number of aryl methyl sites for hydroxylation is 2. The van der Waals surface area contributed by atoms with Crippen LogP contribution in [-0.2, 0) is 6.42 Å². The van der Waals surface area contributed by atoms with Crippen molar-refractivity contribution in [2.24, 2.45) is 0 Å². The van der Waals surface area contributed by atoms with Gasteiger partial charge in [0.25, 0.3) is 0 Å². The number of methoxy groups -OCH3 is 1. The van der Waals surface area contributed by atoms with Gasteiger partial charge in [0, 0.05) is 10.1 Å². The summed E-state index contributed by atoms with van der Waals surface area (Å²) in [4.78, 5) is 11.9. The largest absolute Gasteiger partial charge is 0.496 e. The Balaban J connectivity index is 1.99. The van der Waals surface area contributed by atoms with Crippen LogP contribution >= 0.6 is 11.3 Å². The third-order valence-electron chi connectivity index (χ3n) is 4.32. The summed E-state index contributed by atoms with van der Waals surface area (Å²) in [6.45, 7) is 4.11. The summed E-state index contributed by atoms with van der Waals surface area (Å²) in [5.74, 6) is 0.730. The Morgan fingerprint density at radius 2 is 1.92 bits per heavy atom. The van der Waals surface area contributed by atoms with Gasteiger partial charge in [-0.25, -0.2) is 4.79 Å². The summed E-state index contributed by atoms with van der Waals surface area (Å²) >= 11 is 1.22. The van der Waals surface area contributed by atoms with Crippen molar-refractivity contribution in [3.05, 3.63) is 52.4 Å². The number of carboxylic acids is 1. The zero-order valence-electron chi connectivity index (χ0n) is 15.2. The molecule has 0 saturated carbocycles. The lowest BCUT2D eigenvalue weighted by atomic mass is 10.1. The lowest BCUT2D eigenvalue weighted by molar-refractivity contribution is 0.0700. The zero-order chi connectivity index (χ0) is 18.7. The lowest BCUT2D eigenvalue weighted by Gasteiger charge is -2.09. The third kappa shape index (κ3) is 3.68. The Labute approximate surface area is 157 Å². The molecule has 0 atom stereocenters. The standard InChI is InChI=1S/C21H22O4S/c1-4-5-6-14-7-9-15(10-8-14)25-19-16-12-17(24-3)13(2)11-18(16)26-20(19)21(22)23/h7-12H,4-6H2,1-3H3,(H,22,23). The Morgan fingerprint density at radius 3 is 2.54 bits per heavy atom. The monoisotopic (exact) mass is 370 g/mol. The predicted molar refractivity (Wildman–Crippen MR) is 105 cm³/mol. The molecular weight excluding hydrogens is 348 g/mol. The minimum Gasteiger partial charge on any atom is -0.496 e. The molecular formula is C21H22O4S. The summed E-state index contributed by atoms with van der Waals surface area (Å²) in [5.41, 5.74) is 2.22. The van der Waals surface area contributed by atoms with Crippen LogP contribution in [0.1, 0.15) is 40.6 Å². The van der Waals surface area contributed by atoms with E-state index in [4.69, 9.17) is 9.47 Å². The van der Waals surface area contributed by atoms with Crippen LogP contribution in [0.3, 0.4) is 0 Å². The maximum atomic E-state index is 11.7. The molecule has 4 nitrogen and oxygen atoms in total. The molecule has 0 aliphatic heterocycles. The quantitative estimate of drug-likeness (QED) is 0.550. The number of rotatable bonds is 7. The first-order valence-electron chi connectivity index (χ1n) is 8.64. The molecule has 1 aromatic heterocycles. The Kier molecular flexibility index (Phi) is 5.47. The number of carboxylic acid groups (broad SMARTS) is 1. The molecule has 1 N–H and O–H groups in total. The molecule has 3 rings (SSSR count). The molecule has 0 radical (unpaired) electrons. The molecule has 0 aliphatic rings. The molecule has 26 heavy (non-hydrogen) atoms. The highest BCUT2D eigenvalue weighted by Crippen LogP contribution is 2.42. The number of aromatic carboxylic acids is 1. The molecule has 0 saturated heterocycles. The molecule has 0 spiro atoms. The van der Waals surface area contributed by atoms with Crippen molar-refractivity contribution < 1.29 is 19.4 Å². The van der Waals surface area contributed by atoms with Crippen LogP contribution in [0.15, 0.2) is 36.4 Å². The summed E-state index contributed by atoms with van der Waals surface area (Å²) in [6.07, 6.45) is 3.34. The van der Waals surface area contributed by atoms with Crippen molar-refractivity contribution in [2.75, 3.05) is 7.11 Å². The van der Waals surface area contributed by atoms with Crippen molar-refractivity contribution in [1.29, 1.82) is 0 Å². The van der Waals surface area contributed by atoms with Gasteiger partial charge < -0.3 is 14.6 Å². The minimum absolute atomic E-state index is 0.197. The summed E-state index contributed by atoms with van der Waals surface area (Å²) in [7, 11) is 1.61. The number of unbranched alkanes of at least 4 members (excludes halogenated alkanes) is 1. The van der Waals surface area contributed by atoms with Crippen LogP contribution in [0.25, 0.3) is 10.1 Å². The van der Waals surface area contributed by atoms with Crippen molar-refractivity contribution in [3.8, 4) is 17.2 Å². The van der Waals surface area contributed by atoms with Gasteiger partial charge in [0.1, 0.15) is 11.5 Å². The number of carbonyl (C=O) groups is 1. The molecule has 136 valence electrons. The van der Waals surface area contributed by atoms with E-state index >= 15 is 0 Å². The average molecular weight is 370 g/mol. The van der Waals surface area contributed by atoms with E-state index in [9.17, 15) is 9.90 Å². The van der Waals surface area contributed by atoms with E-state index in [0.717, 1.165) is 34.9 Å². The van der Waals surface area contributed by atoms with E-state index in [1.54, 1.807) is 7.11 Å². The van der Waals surface area contributed by atoms with Crippen molar-refractivity contribution >= 4 is 27.4 Å². The first kappa shape index (κ1) is 18.3. The predicted octanol–water partition coefficient (Wildman–Crippen LogP) is 6.05. The van der Waals surface area contributed by atoms with Gasteiger partial charge >= 0.3 is 5.97 Å². The van der Waals surface area contributed by atoms with Gasteiger partial charge in [-0.1, -0.05) is 25.5 Å². The number of hydrogen-bond acceptors (Lipinski definition) is 4. The fraction of sp³-hybridized carbons (Fsp3) is 0.286. The molecule has 0 bridgehead atoms. The van der Waals surface area contributed by atoms with Crippen molar-refractivity contribution in [3.63, 3.8) is 0 Å². The zero-order valence-corrected chi connectivity index (χ0v) is 16.0. The number of hydrogen-bond donors (Lipinski definition) is 1. The van der Waals surface area contributed by atoms with E-state index < -0.39 is 5.97 Å². The van der Waals surface area contributed by atoms with Crippen LogP contribution in [-0.4, -0.2) is 18.2 Å². The molecule has 0 aliphatic carbocycles. The number of fused-ring (bicyclic) bond motifs is 1. The van der Waals surface area contributed by atoms with Crippen LogP contribution in [0.5, 0.6) is 17.2 Å². The SMILES string of the molecule is CCCCc1ccc(Oc2c(C(=O)O)sc3cc(C)c(OC)cc23)cc1. The highest BCUT2D eigenvalue weighted by molar-refractivity contribution is 7.21. The van der Waals surface area contributed by atoms with Gasteiger partial charge in [-0.2, -0.15) is 0 Å². The molecule has 1 heterocycles. The van der Waals surface area contributed by atoms with Crippen LogP contribution in [0, 0.1) is 6.92 Å². The van der Waals surface area contributed by atoms with E-state index in [0.29, 0.717) is 17.2 Å². The van der Waals surface area contributed by atoms with Gasteiger partial charge in [-0.05, 0) is 55.2 Å².